The first kappa shape index (κ1) is 40.5. The van der Waals surface area contributed by atoms with Crippen LogP contribution in [0.2, 0.25) is 0 Å². The predicted molar refractivity (Wildman–Crippen MR) is 215 cm³/mol. The van der Waals surface area contributed by atoms with Crippen LogP contribution in [0.5, 0.6) is 0 Å². The molecule has 1 aliphatic carbocycles. The molecule has 17 heteroatoms. The van der Waals surface area contributed by atoms with Crippen LogP contribution in [-0.2, 0) is 34.7 Å². The van der Waals surface area contributed by atoms with Crippen LogP contribution in [0, 0.1) is 0 Å². The Balaban J connectivity index is 1.34. The Morgan fingerprint density at radius 3 is 2.36 bits per heavy atom. The van der Waals surface area contributed by atoms with E-state index in [0.717, 1.165) is 21.3 Å². The van der Waals surface area contributed by atoms with E-state index in [-0.39, 0.29) is 44.9 Å². The van der Waals surface area contributed by atoms with Gasteiger partial charge in [-0.2, -0.15) is 9.78 Å². The number of aryl methyl sites for hydroxylation is 1. The molecule has 13 nitrogen and oxygen atoms in total. The zero-order valence-electron chi connectivity index (χ0n) is 32.9. The Bertz CT molecular complexity index is 2730. The van der Waals surface area contributed by atoms with Gasteiger partial charge in [0.1, 0.15) is 15.9 Å². The highest BCUT2D eigenvalue weighted by atomic mass is 32.2. The van der Waals surface area contributed by atoms with Crippen LogP contribution in [-0.4, -0.2) is 84.1 Å². The standard InChI is InChI=1S/C41H44F3N7O6S/c1-26-10-7-8-13-40(26,5)58(55,56)51-34(29-21-46-50(24-29)41(42,43)44)19-31-32(22-45-37(53)36(31)51)30-20-35(52)47(6)25-33(30)28-12-9-11-27(18-28)23-48-14-16-49(17-15-48)38(54)57-39(2,3)4/h7-12,18-22,24-25H,13-17,23H2,1-6H3,(H,45,53). The van der Waals surface area contributed by atoms with Crippen molar-refractivity contribution in [1.29, 1.82) is 0 Å². The zero-order chi connectivity index (χ0) is 41.9. The minimum atomic E-state index is -4.89. The van der Waals surface area contributed by atoms with E-state index >= 15 is 0 Å². The number of alkyl halides is 3. The number of nitrogens with one attached hydrogen (secondary N) is 1. The van der Waals surface area contributed by atoms with Crippen LogP contribution in [0.25, 0.3) is 44.4 Å². The van der Waals surface area contributed by atoms with Gasteiger partial charge in [0.25, 0.3) is 11.1 Å². The highest BCUT2D eigenvalue weighted by Crippen LogP contribution is 2.42. The quantitative estimate of drug-likeness (QED) is 0.194. The van der Waals surface area contributed by atoms with Crippen LogP contribution in [0.3, 0.4) is 0 Å². The van der Waals surface area contributed by atoms with Crippen molar-refractivity contribution in [2.24, 2.45) is 7.05 Å². The summed E-state index contributed by atoms with van der Waals surface area (Å²) >= 11 is 0. The molecule has 0 bridgehead atoms. The molecule has 0 saturated carbocycles. The van der Waals surface area contributed by atoms with Gasteiger partial charge in [-0.25, -0.2) is 17.2 Å². The molecule has 0 spiro atoms. The lowest BCUT2D eigenvalue weighted by Gasteiger charge is -2.35. The van der Waals surface area contributed by atoms with Gasteiger partial charge in [-0.1, -0.05) is 42.0 Å². The number of aromatic nitrogens is 5. The van der Waals surface area contributed by atoms with E-state index in [1.165, 1.54) is 29.8 Å². The number of fused-ring (bicyclic) bond motifs is 1. The number of ether oxygens (including phenoxy) is 1. The van der Waals surface area contributed by atoms with Gasteiger partial charge in [-0.05, 0) is 69.9 Å². The Morgan fingerprint density at radius 1 is 0.983 bits per heavy atom. The SMILES string of the molecule is CC1=CC=CCC1(C)S(=O)(=O)n1c(-c2cnn(C(F)(F)F)c2)cc2c(-c3cc(=O)n(C)cc3-c3cccc(CN4CCN(C(=O)OC(C)(C)C)CC4)c3)c[nH]c(=O)c21. The predicted octanol–water partition coefficient (Wildman–Crippen LogP) is 6.60. The van der Waals surface area contributed by atoms with Gasteiger partial charge >= 0.3 is 12.4 Å². The fourth-order valence-corrected chi connectivity index (χ4v) is 9.43. The molecule has 0 radical (unpaired) electrons. The van der Waals surface area contributed by atoms with E-state index in [0.29, 0.717) is 55.6 Å². The largest absolute Gasteiger partial charge is 0.504 e. The summed E-state index contributed by atoms with van der Waals surface area (Å²) in [6.07, 6.45) is 4.46. The Hall–Kier alpha value is -5.68. The normalized spacial score (nSPS) is 18.2. The first-order valence-corrected chi connectivity index (χ1v) is 20.1. The summed E-state index contributed by atoms with van der Waals surface area (Å²) < 4.78 is 77.1. The summed E-state index contributed by atoms with van der Waals surface area (Å²) in [5.41, 5.74) is 0.874. The van der Waals surface area contributed by atoms with Crippen molar-refractivity contribution in [2.45, 2.75) is 64.2 Å². The number of carbonyl (C=O) groups is 1. The van der Waals surface area contributed by atoms with Gasteiger partial charge in [0, 0.05) is 86.5 Å². The molecule has 5 heterocycles. The average molecular weight is 820 g/mol. The van der Waals surface area contributed by atoms with Gasteiger partial charge in [-0.15, -0.1) is 13.2 Å². The summed E-state index contributed by atoms with van der Waals surface area (Å²) in [6, 6.07) is 10.5. The van der Waals surface area contributed by atoms with Crippen LogP contribution < -0.4 is 11.1 Å². The second-order valence-corrected chi connectivity index (χ2v) is 18.2. The van der Waals surface area contributed by atoms with E-state index in [1.807, 2.05) is 45.0 Å². The van der Waals surface area contributed by atoms with Gasteiger partial charge in [0.15, 0.2) is 0 Å². The summed E-state index contributed by atoms with van der Waals surface area (Å²) in [6.45, 7) is 11.5. The number of pyridine rings is 2. The highest BCUT2D eigenvalue weighted by molar-refractivity contribution is 7.91. The lowest BCUT2D eigenvalue weighted by atomic mass is 9.94. The fourth-order valence-electron chi connectivity index (χ4n) is 7.41. The molecule has 1 aliphatic heterocycles. The van der Waals surface area contributed by atoms with Gasteiger partial charge in [-0.3, -0.25) is 14.5 Å². The van der Waals surface area contributed by atoms with E-state index < -0.39 is 37.8 Å². The number of halogens is 3. The maximum absolute atomic E-state index is 14.9. The van der Waals surface area contributed by atoms with Crippen molar-refractivity contribution in [2.75, 3.05) is 26.2 Å². The number of hydrogen-bond donors (Lipinski definition) is 1. The summed E-state index contributed by atoms with van der Waals surface area (Å²) in [5, 5.41) is 3.56. The molecule has 1 saturated heterocycles. The summed E-state index contributed by atoms with van der Waals surface area (Å²) in [5.74, 6) is 0. The fraction of sp³-hybridized carbons (Fsp3) is 0.366. The maximum atomic E-state index is 14.9. The molecule has 7 rings (SSSR count). The first-order chi connectivity index (χ1) is 27.2. The molecule has 1 N–H and O–H groups in total. The van der Waals surface area contributed by atoms with E-state index in [4.69, 9.17) is 4.74 Å². The van der Waals surface area contributed by atoms with Crippen molar-refractivity contribution in [3.8, 4) is 33.5 Å². The lowest BCUT2D eigenvalue weighted by molar-refractivity contribution is -0.212. The molecule has 2 aliphatic rings. The second-order valence-electron chi connectivity index (χ2n) is 15.9. The van der Waals surface area contributed by atoms with Crippen molar-refractivity contribution in [3.05, 3.63) is 111 Å². The number of benzene rings is 1. The van der Waals surface area contributed by atoms with Crippen molar-refractivity contribution in [3.63, 3.8) is 0 Å². The smallest absolute Gasteiger partial charge is 0.444 e. The molecule has 1 fully saturated rings. The van der Waals surface area contributed by atoms with Crippen LogP contribution >= 0.6 is 0 Å². The van der Waals surface area contributed by atoms with Crippen molar-refractivity contribution < 1.29 is 31.1 Å². The van der Waals surface area contributed by atoms with Gasteiger partial charge < -0.3 is 19.2 Å². The van der Waals surface area contributed by atoms with Crippen LogP contribution in [0.4, 0.5) is 18.0 Å². The Morgan fingerprint density at radius 2 is 1.71 bits per heavy atom. The molecule has 1 aromatic carbocycles. The van der Waals surface area contributed by atoms with E-state index in [9.17, 15) is 36.0 Å². The first-order valence-electron chi connectivity index (χ1n) is 18.7. The average Bonchev–Trinajstić information content (AvgIpc) is 3.81. The third-order valence-electron chi connectivity index (χ3n) is 10.8. The number of piperazine rings is 1. The van der Waals surface area contributed by atoms with Crippen LogP contribution in [0.15, 0.2) is 94.6 Å². The summed E-state index contributed by atoms with van der Waals surface area (Å²) in [7, 11) is -2.98. The van der Waals surface area contributed by atoms with Crippen LogP contribution in [0.1, 0.15) is 46.6 Å². The number of hydrogen-bond acceptors (Lipinski definition) is 8. The zero-order valence-corrected chi connectivity index (χ0v) is 33.7. The molecule has 1 atom stereocenters. The number of carbonyl (C=O) groups excluding carboxylic acids is 1. The van der Waals surface area contributed by atoms with E-state index in [2.05, 4.69) is 15.0 Å². The minimum Gasteiger partial charge on any atom is -0.444 e. The number of allylic oxidation sites excluding steroid dienone is 3. The molecule has 5 aromatic rings. The molecular formula is C41H44F3N7O6S. The van der Waals surface area contributed by atoms with E-state index in [1.54, 1.807) is 43.3 Å². The molecule has 58 heavy (non-hydrogen) atoms. The van der Waals surface area contributed by atoms with Gasteiger partial charge in [0.05, 0.1) is 11.9 Å². The molecule has 1 unspecified atom stereocenters. The minimum absolute atomic E-state index is 0.0465. The highest BCUT2D eigenvalue weighted by Gasteiger charge is 2.44. The van der Waals surface area contributed by atoms with Crippen molar-refractivity contribution in [1.82, 2.24) is 33.1 Å². The lowest BCUT2D eigenvalue weighted by Crippen LogP contribution is -2.49. The maximum Gasteiger partial charge on any atom is 0.504 e. The molecule has 306 valence electrons. The molecular weight excluding hydrogens is 776 g/mol. The monoisotopic (exact) mass is 819 g/mol. The third kappa shape index (κ3) is 7.43. The Kier molecular flexibility index (Phi) is 10.2. The van der Waals surface area contributed by atoms with Gasteiger partial charge in [0.2, 0.25) is 10.0 Å². The third-order valence-corrected chi connectivity index (χ3v) is 13.3. The molecule has 4 aromatic heterocycles. The number of rotatable bonds is 7. The number of nitrogens with zero attached hydrogens (tertiary/aromatic N) is 6. The second kappa shape index (κ2) is 14.6. The molecule has 1 amide bonds. The summed E-state index contributed by atoms with van der Waals surface area (Å²) in [4.78, 5) is 46.4. The van der Waals surface area contributed by atoms with Crippen molar-refractivity contribution >= 4 is 27.0 Å². The Labute approximate surface area is 332 Å². The topological polar surface area (TPSA) is 145 Å². The number of amides is 1. The number of aromatic amines is 1. The number of H-pyrrole nitrogens is 1.